The van der Waals surface area contributed by atoms with Gasteiger partial charge in [0, 0.05) is 31.9 Å². The van der Waals surface area contributed by atoms with Gasteiger partial charge < -0.3 is 19.9 Å². The van der Waals surface area contributed by atoms with Crippen LogP contribution in [-0.4, -0.2) is 56.2 Å². The van der Waals surface area contributed by atoms with Gasteiger partial charge in [-0.15, -0.1) is 0 Å². The van der Waals surface area contributed by atoms with Crippen molar-refractivity contribution in [3.63, 3.8) is 0 Å². The van der Waals surface area contributed by atoms with E-state index in [-0.39, 0.29) is 12.0 Å². The molecule has 1 fully saturated rings. The molecule has 1 saturated heterocycles. The Morgan fingerprint density at radius 1 is 1.15 bits per heavy atom. The monoisotopic (exact) mass is 361 g/mol. The molecule has 1 aliphatic rings. The zero-order valence-electron chi connectivity index (χ0n) is 16.5. The number of benzene rings is 1. The number of carbonyl (C=O) groups excluding carboxylic acids is 2. The Hall–Kier alpha value is -2.24. The summed E-state index contributed by atoms with van der Waals surface area (Å²) in [5.74, 6) is -0.0957. The topological polar surface area (TPSA) is 61.9 Å². The van der Waals surface area contributed by atoms with E-state index >= 15 is 0 Å². The molecule has 1 aromatic carbocycles. The molecule has 0 unspecified atom stereocenters. The molecule has 1 aliphatic heterocycles. The van der Waals surface area contributed by atoms with Gasteiger partial charge in [0.1, 0.15) is 6.04 Å². The highest BCUT2D eigenvalue weighted by Gasteiger charge is 2.27. The molecule has 1 heterocycles. The third-order valence-electron chi connectivity index (χ3n) is 4.97. The third kappa shape index (κ3) is 4.90. The van der Waals surface area contributed by atoms with Gasteiger partial charge in [-0.1, -0.05) is 26.0 Å². The van der Waals surface area contributed by atoms with Crippen molar-refractivity contribution in [3.05, 3.63) is 29.3 Å². The summed E-state index contributed by atoms with van der Waals surface area (Å²) in [6.07, 6.45) is 0.570. The minimum atomic E-state index is -0.593. The van der Waals surface area contributed by atoms with Gasteiger partial charge >= 0.3 is 12.0 Å². The molecule has 26 heavy (non-hydrogen) atoms. The fourth-order valence-electron chi connectivity index (χ4n) is 3.30. The van der Waals surface area contributed by atoms with E-state index in [0.29, 0.717) is 25.4 Å². The number of amides is 2. The molecule has 0 spiro atoms. The van der Waals surface area contributed by atoms with Crippen molar-refractivity contribution in [2.45, 2.75) is 40.2 Å². The van der Waals surface area contributed by atoms with E-state index in [1.807, 2.05) is 13.8 Å². The molecule has 0 bridgehead atoms. The van der Waals surface area contributed by atoms with Gasteiger partial charge in [0.05, 0.1) is 7.11 Å². The minimum Gasteiger partial charge on any atom is -0.467 e. The fraction of sp³-hybridized carbons (Fsp3) is 0.600. The van der Waals surface area contributed by atoms with Crippen LogP contribution in [0.1, 0.15) is 31.4 Å². The van der Waals surface area contributed by atoms with E-state index in [1.54, 1.807) is 4.90 Å². The number of piperazine rings is 1. The summed E-state index contributed by atoms with van der Waals surface area (Å²) in [5, 5.41) is 2.84. The number of carbonyl (C=O) groups is 2. The average molecular weight is 361 g/mol. The van der Waals surface area contributed by atoms with Crippen LogP contribution in [0.25, 0.3) is 0 Å². The maximum Gasteiger partial charge on any atom is 0.328 e. The number of anilines is 1. The van der Waals surface area contributed by atoms with Crippen LogP contribution in [0.15, 0.2) is 18.2 Å². The second-order valence-electron chi connectivity index (χ2n) is 7.35. The first kappa shape index (κ1) is 20.1. The Balaban J connectivity index is 1.95. The molecular formula is C20H31N3O3. The molecule has 1 N–H and O–H groups in total. The number of hydrogen-bond donors (Lipinski definition) is 1. The molecule has 2 amide bonds. The van der Waals surface area contributed by atoms with Crippen molar-refractivity contribution in [2.24, 2.45) is 5.92 Å². The summed E-state index contributed by atoms with van der Waals surface area (Å²) in [6, 6.07) is 5.54. The zero-order valence-corrected chi connectivity index (χ0v) is 16.5. The quantitative estimate of drug-likeness (QED) is 0.819. The number of nitrogens with zero attached hydrogens (tertiary/aromatic N) is 2. The second kappa shape index (κ2) is 8.92. The van der Waals surface area contributed by atoms with Crippen molar-refractivity contribution in [2.75, 3.05) is 38.2 Å². The molecule has 0 aromatic heterocycles. The molecule has 0 aliphatic carbocycles. The van der Waals surface area contributed by atoms with Gasteiger partial charge in [-0.2, -0.15) is 0 Å². The van der Waals surface area contributed by atoms with Gasteiger partial charge in [-0.25, -0.2) is 9.59 Å². The molecule has 0 radical (unpaired) electrons. The number of urea groups is 1. The average Bonchev–Trinajstić information content (AvgIpc) is 2.62. The van der Waals surface area contributed by atoms with Gasteiger partial charge in [-0.05, 0) is 43.4 Å². The Bertz CT molecular complexity index is 637. The summed E-state index contributed by atoms with van der Waals surface area (Å²) >= 11 is 0. The van der Waals surface area contributed by atoms with E-state index < -0.39 is 6.04 Å². The first-order valence-electron chi connectivity index (χ1n) is 9.28. The van der Waals surface area contributed by atoms with E-state index in [4.69, 9.17) is 4.74 Å². The lowest BCUT2D eigenvalue weighted by Crippen LogP contribution is -2.55. The van der Waals surface area contributed by atoms with Crippen molar-refractivity contribution in [3.8, 4) is 0 Å². The predicted octanol–water partition coefficient (Wildman–Crippen LogP) is 2.72. The zero-order chi connectivity index (χ0) is 19.3. The number of rotatable bonds is 5. The van der Waals surface area contributed by atoms with Gasteiger partial charge in [-0.3, -0.25) is 0 Å². The maximum atomic E-state index is 12.6. The number of aryl methyl sites for hydroxylation is 1. The van der Waals surface area contributed by atoms with Gasteiger partial charge in [0.25, 0.3) is 0 Å². The number of nitrogens with one attached hydrogen (secondary N) is 1. The summed E-state index contributed by atoms with van der Waals surface area (Å²) in [4.78, 5) is 28.6. The molecule has 1 atom stereocenters. The van der Waals surface area contributed by atoms with E-state index in [2.05, 4.69) is 42.3 Å². The summed E-state index contributed by atoms with van der Waals surface area (Å²) in [5.41, 5.74) is 3.79. The standard InChI is InChI=1S/C20H31N3O3/c1-14(2)13-17(19(24)26-5)21-20(25)23-11-9-22(10-12-23)18-8-6-7-15(3)16(18)4/h6-8,14,17H,9-13H2,1-5H3,(H,21,25)/t17-/m0/s1. The van der Waals surface area contributed by atoms with Crippen LogP contribution < -0.4 is 10.2 Å². The molecular weight excluding hydrogens is 330 g/mol. The highest BCUT2D eigenvalue weighted by atomic mass is 16.5. The van der Waals surface area contributed by atoms with Crippen LogP contribution in [0.3, 0.4) is 0 Å². The number of ether oxygens (including phenoxy) is 1. The first-order chi connectivity index (χ1) is 12.3. The van der Waals surface area contributed by atoms with Crippen LogP contribution in [-0.2, 0) is 9.53 Å². The predicted molar refractivity (Wildman–Crippen MR) is 103 cm³/mol. The molecule has 1 aromatic rings. The van der Waals surface area contributed by atoms with Crippen molar-refractivity contribution in [1.29, 1.82) is 0 Å². The van der Waals surface area contributed by atoms with Crippen LogP contribution in [0.5, 0.6) is 0 Å². The first-order valence-corrected chi connectivity index (χ1v) is 9.28. The van der Waals surface area contributed by atoms with Gasteiger partial charge in [0.15, 0.2) is 0 Å². The lowest BCUT2D eigenvalue weighted by Gasteiger charge is -2.37. The van der Waals surface area contributed by atoms with Crippen LogP contribution in [0.2, 0.25) is 0 Å². The van der Waals surface area contributed by atoms with Crippen molar-refractivity contribution < 1.29 is 14.3 Å². The summed E-state index contributed by atoms with van der Waals surface area (Å²) in [7, 11) is 1.35. The fourth-order valence-corrected chi connectivity index (χ4v) is 3.30. The Morgan fingerprint density at radius 3 is 2.38 bits per heavy atom. The lowest BCUT2D eigenvalue weighted by atomic mass is 10.0. The van der Waals surface area contributed by atoms with E-state index in [1.165, 1.54) is 23.9 Å². The van der Waals surface area contributed by atoms with E-state index in [9.17, 15) is 9.59 Å². The highest BCUT2D eigenvalue weighted by molar-refractivity contribution is 5.83. The molecule has 6 nitrogen and oxygen atoms in total. The number of hydrogen-bond acceptors (Lipinski definition) is 4. The molecule has 0 saturated carbocycles. The SMILES string of the molecule is COC(=O)[C@H](CC(C)C)NC(=O)N1CCN(c2cccc(C)c2C)CC1. The highest BCUT2D eigenvalue weighted by Crippen LogP contribution is 2.23. The van der Waals surface area contributed by atoms with E-state index in [0.717, 1.165) is 13.1 Å². The van der Waals surface area contributed by atoms with Crippen molar-refractivity contribution >= 4 is 17.7 Å². The summed E-state index contributed by atoms with van der Waals surface area (Å²) in [6.45, 7) is 11.1. The number of esters is 1. The van der Waals surface area contributed by atoms with Gasteiger partial charge in [0.2, 0.25) is 0 Å². The van der Waals surface area contributed by atoms with Crippen LogP contribution in [0, 0.1) is 19.8 Å². The smallest absolute Gasteiger partial charge is 0.328 e. The largest absolute Gasteiger partial charge is 0.467 e. The van der Waals surface area contributed by atoms with Crippen molar-refractivity contribution in [1.82, 2.24) is 10.2 Å². The Kier molecular flexibility index (Phi) is 6.89. The van der Waals surface area contributed by atoms with Crippen LogP contribution >= 0.6 is 0 Å². The summed E-state index contributed by atoms with van der Waals surface area (Å²) < 4.78 is 4.82. The lowest BCUT2D eigenvalue weighted by molar-refractivity contribution is -0.143. The minimum absolute atomic E-state index is 0.193. The Labute approximate surface area is 156 Å². The third-order valence-corrected chi connectivity index (χ3v) is 4.97. The van der Waals surface area contributed by atoms with Crippen LogP contribution in [0.4, 0.5) is 10.5 Å². The maximum absolute atomic E-state index is 12.6. The Morgan fingerprint density at radius 2 is 1.81 bits per heavy atom. The molecule has 6 heteroatoms. The molecule has 2 rings (SSSR count). The second-order valence-corrected chi connectivity index (χ2v) is 7.35. The normalized spacial score (nSPS) is 15.8. The molecule has 144 valence electrons. The number of methoxy groups -OCH3 is 1.